The SMILES string of the molecule is COC(=O)CCc1c(CC(=O)OC)c(C)n(C)c1NC(=O)OCc1ccccc1. The number of rotatable bonds is 8. The van der Waals surface area contributed by atoms with E-state index < -0.39 is 12.1 Å². The molecule has 0 unspecified atom stereocenters. The van der Waals surface area contributed by atoms with E-state index in [4.69, 9.17) is 14.2 Å². The van der Waals surface area contributed by atoms with Crippen molar-refractivity contribution in [3.8, 4) is 0 Å². The first-order valence-corrected chi connectivity index (χ1v) is 9.15. The standard InChI is InChI=1S/C21H26N2O6/c1-14-17(12-19(25)28-4)16(10-11-18(24)27-3)20(23(14)2)22-21(26)29-13-15-8-6-5-7-9-15/h5-9H,10-13H2,1-4H3,(H,22,26). The minimum absolute atomic E-state index is 0.0351. The number of amides is 1. The zero-order valence-electron chi connectivity index (χ0n) is 17.1. The number of hydrogen-bond acceptors (Lipinski definition) is 6. The normalized spacial score (nSPS) is 10.3. The number of anilines is 1. The first-order chi connectivity index (χ1) is 13.9. The highest BCUT2D eigenvalue weighted by Crippen LogP contribution is 2.29. The fourth-order valence-corrected chi connectivity index (χ4v) is 3.00. The van der Waals surface area contributed by atoms with Crippen LogP contribution in [-0.2, 0) is 50.3 Å². The average Bonchev–Trinajstić information content (AvgIpc) is 2.95. The fraction of sp³-hybridized carbons (Fsp3) is 0.381. The van der Waals surface area contributed by atoms with Gasteiger partial charge < -0.3 is 18.8 Å². The number of aromatic nitrogens is 1. The molecule has 0 bridgehead atoms. The van der Waals surface area contributed by atoms with Crippen molar-refractivity contribution in [3.05, 3.63) is 52.7 Å². The Balaban J connectivity index is 2.23. The Morgan fingerprint density at radius 1 is 1.00 bits per heavy atom. The van der Waals surface area contributed by atoms with Crippen LogP contribution in [0.2, 0.25) is 0 Å². The number of hydrogen-bond donors (Lipinski definition) is 1. The quantitative estimate of drug-likeness (QED) is 0.539. The zero-order chi connectivity index (χ0) is 21.4. The van der Waals surface area contributed by atoms with Gasteiger partial charge in [-0.1, -0.05) is 30.3 Å². The molecule has 0 aliphatic rings. The minimum Gasteiger partial charge on any atom is -0.469 e. The molecule has 0 aliphatic heterocycles. The maximum Gasteiger partial charge on any atom is 0.413 e. The summed E-state index contributed by atoms with van der Waals surface area (Å²) in [6.07, 6.45) is -0.178. The first-order valence-electron chi connectivity index (χ1n) is 9.15. The lowest BCUT2D eigenvalue weighted by Crippen LogP contribution is -2.17. The monoisotopic (exact) mass is 402 g/mol. The van der Waals surface area contributed by atoms with E-state index in [2.05, 4.69) is 5.32 Å². The maximum absolute atomic E-state index is 12.4. The number of carbonyl (C=O) groups is 3. The maximum atomic E-state index is 12.4. The number of nitrogens with zero attached hydrogens (tertiary/aromatic N) is 1. The third kappa shape index (κ3) is 5.84. The molecule has 1 aromatic heterocycles. The summed E-state index contributed by atoms with van der Waals surface area (Å²) in [5.74, 6) is -0.312. The summed E-state index contributed by atoms with van der Waals surface area (Å²) >= 11 is 0. The Labute approximate surface area is 169 Å². The van der Waals surface area contributed by atoms with Crippen molar-refractivity contribution in [2.75, 3.05) is 19.5 Å². The molecule has 156 valence electrons. The summed E-state index contributed by atoms with van der Waals surface area (Å²) in [4.78, 5) is 35.8. The Morgan fingerprint density at radius 2 is 1.66 bits per heavy atom. The van der Waals surface area contributed by atoms with E-state index >= 15 is 0 Å². The molecule has 0 radical (unpaired) electrons. The van der Waals surface area contributed by atoms with Crippen molar-refractivity contribution >= 4 is 23.8 Å². The Bertz CT molecular complexity index is 873. The van der Waals surface area contributed by atoms with Gasteiger partial charge in [0.15, 0.2) is 0 Å². The van der Waals surface area contributed by atoms with Gasteiger partial charge in [0, 0.05) is 19.2 Å². The second kappa shape index (κ2) is 10.3. The molecular weight excluding hydrogens is 376 g/mol. The van der Waals surface area contributed by atoms with Crippen LogP contribution in [0.5, 0.6) is 0 Å². The second-order valence-corrected chi connectivity index (χ2v) is 6.47. The predicted octanol–water partition coefficient (Wildman–Crippen LogP) is 2.90. The van der Waals surface area contributed by atoms with Crippen LogP contribution >= 0.6 is 0 Å². The van der Waals surface area contributed by atoms with Gasteiger partial charge in [0.2, 0.25) is 0 Å². The summed E-state index contributed by atoms with van der Waals surface area (Å²) in [6, 6.07) is 9.32. The van der Waals surface area contributed by atoms with Gasteiger partial charge in [-0.15, -0.1) is 0 Å². The van der Waals surface area contributed by atoms with Gasteiger partial charge in [-0.25, -0.2) is 4.79 Å². The van der Waals surface area contributed by atoms with Crippen LogP contribution in [0.25, 0.3) is 0 Å². The second-order valence-electron chi connectivity index (χ2n) is 6.47. The molecule has 0 fully saturated rings. The van der Waals surface area contributed by atoms with Gasteiger partial charge in [0.25, 0.3) is 0 Å². The molecule has 2 rings (SSSR count). The fourth-order valence-electron chi connectivity index (χ4n) is 3.00. The van der Waals surface area contributed by atoms with Crippen LogP contribution in [0.3, 0.4) is 0 Å². The van der Waals surface area contributed by atoms with Crippen LogP contribution in [-0.4, -0.2) is 36.8 Å². The van der Waals surface area contributed by atoms with E-state index in [1.165, 1.54) is 14.2 Å². The summed E-state index contributed by atoms with van der Waals surface area (Å²) in [5, 5.41) is 2.74. The molecule has 1 aromatic carbocycles. The molecule has 8 heteroatoms. The van der Waals surface area contributed by atoms with Gasteiger partial charge in [-0.2, -0.15) is 0 Å². The molecule has 0 saturated carbocycles. The molecule has 0 atom stereocenters. The van der Waals surface area contributed by atoms with Crippen molar-refractivity contribution in [2.24, 2.45) is 7.05 Å². The van der Waals surface area contributed by atoms with Gasteiger partial charge in [0.1, 0.15) is 12.4 Å². The zero-order valence-corrected chi connectivity index (χ0v) is 17.1. The molecule has 0 aliphatic carbocycles. The summed E-state index contributed by atoms with van der Waals surface area (Å²) in [5.41, 5.74) is 3.04. The van der Waals surface area contributed by atoms with E-state index in [-0.39, 0.29) is 25.4 Å². The van der Waals surface area contributed by atoms with Crippen LogP contribution in [0.4, 0.5) is 10.6 Å². The smallest absolute Gasteiger partial charge is 0.413 e. The lowest BCUT2D eigenvalue weighted by Gasteiger charge is -2.11. The molecule has 0 spiro atoms. The number of carbonyl (C=O) groups excluding carboxylic acids is 3. The Hall–Kier alpha value is -3.29. The van der Waals surface area contributed by atoms with Gasteiger partial charge >= 0.3 is 18.0 Å². The minimum atomic E-state index is -0.626. The number of nitrogens with one attached hydrogen (secondary N) is 1. The van der Waals surface area contributed by atoms with Crippen molar-refractivity contribution in [1.29, 1.82) is 0 Å². The van der Waals surface area contributed by atoms with Crippen molar-refractivity contribution < 1.29 is 28.6 Å². The first kappa shape index (κ1) is 22.0. The third-order valence-corrected chi connectivity index (χ3v) is 4.71. The molecule has 29 heavy (non-hydrogen) atoms. The molecule has 0 saturated heterocycles. The van der Waals surface area contributed by atoms with Crippen molar-refractivity contribution in [1.82, 2.24) is 4.57 Å². The van der Waals surface area contributed by atoms with Gasteiger partial charge in [-0.05, 0) is 30.0 Å². The molecule has 8 nitrogen and oxygen atoms in total. The number of benzene rings is 1. The van der Waals surface area contributed by atoms with E-state index in [9.17, 15) is 14.4 Å². The number of ether oxygens (including phenoxy) is 3. The molecule has 1 amide bonds. The molecule has 1 N–H and O–H groups in total. The molecular formula is C21H26N2O6. The molecule has 2 aromatic rings. The van der Waals surface area contributed by atoms with E-state index in [1.807, 2.05) is 37.3 Å². The van der Waals surface area contributed by atoms with E-state index in [0.29, 0.717) is 23.4 Å². The summed E-state index contributed by atoms with van der Waals surface area (Å²) in [7, 11) is 4.40. The Kier molecular flexibility index (Phi) is 7.82. The average molecular weight is 402 g/mol. The summed E-state index contributed by atoms with van der Waals surface area (Å²) < 4.78 is 16.5. The highest BCUT2D eigenvalue weighted by molar-refractivity contribution is 5.86. The lowest BCUT2D eigenvalue weighted by molar-refractivity contribution is -0.140. The highest BCUT2D eigenvalue weighted by Gasteiger charge is 2.23. The summed E-state index contributed by atoms with van der Waals surface area (Å²) in [6.45, 7) is 1.96. The van der Waals surface area contributed by atoms with E-state index in [1.54, 1.807) is 11.6 Å². The van der Waals surface area contributed by atoms with Crippen LogP contribution in [0.15, 0.2) is 30.3 Å². The van der Waals surface area contributed by atoms with Gasteiger partial charge in [0.05, 0.1) is 20.6 Å². The van der Waals surface area contributed by atoms with Gasteiger partial charge in [-0.3, -0.25) is 14.9 Å². The topological polar surface area (TPSA) is 95.9 Å². The predicted molar refractivity (Wildman–Crippen MR) is 106 cm³/mol. The van der Waals surface area contributed by atoms with E-state index in [0.717, 1.165) is 11.3 Å². The van der Waals surface area contributed by atoms with Crippen molar-refractivity contribution in [2.45, 2.75) is 32.8 Å². The van der Waals surface area contributed by atoms with Crippen molar-refractivity contribution in [3.63, 3.8) is 0 Å². The largest absolute Gasteiger partial charge is 0.469 e. The number of esters is 2. The van der Waals surface area contributed by atoms with Crippen LogP contribution < -0.4 is 5.32 Å². The lowest BCUT2D eigenvalue weighted by atomic mass is 10.0. The highest BCUT2D eigenvalue weighted by atomic mass is 16.5. The third-order valence-electron chi connectivity index (χ3n) is 4.71. The van der Waals surface area contributed by atoms with Crippen LogP contribution in [0, 0.1) is 6.92 Å². The molecule has 1 heterocycles. The Morgan fingerprint density at radius 3 is 2.28 bits per heavy atom. The number of methoxy groups -OCH3 is 2. The van der Waals surface area contributed by atoms with Crippen LogP contribution in [0.1, 0.15) is 28.8 Å².